The number of nitrogens with two attached hydrogens (primary N) is 1. The molecule has 0 radical (unpaired) electrons. The number of primary amides is 1. The summed E-state index contributed by atoms with van der Waals surface area (Å²) in [6.07, 6.45) is 5.05. The summed E-state index contributed by atoms with van der Waals surface area (Å²) in [6.45, 7) is 0.205. The van der Waals surface area contributed by atoms with Crippen molar-refractivity contribution in [2.75, 3.05) is 6.54 Å². The molecule has 0 saturated carbocycles. The van der Waals surface area contributed by atoms with E-state index >= 15 is 0 Å². The van der Waals surface area contributed by atoms with Crippen LogP contribution < -0.4 is 10.5 Å². The molecule has 2 aromatic rings. The second-order valence-electron chi connectivity index (χ2n) is 4.22. The average molecular weight is 297 g/mol. The van der Waals surface area contributed by atoms with Gasteiger partial charge in [0.05, 0.1) is 0 Å². The van der Waals surface area contributed by atoms with Crippen LogP contribution in [0.3, 0.4) is 0 Å². The van der Waals surface area contributed by atoms with Crippen molar-refractivity contribution in [2.45, 2.75) is 11.3 Å². The summed E-state index contributed by atoms with van der Waals surface area (Å²) in [4.78, 5) is 18.0. The van der Waals surface area contributed by atoms with Gasteiger partial charge in [-0.15, -0.1) is 0 Å². The number of carbonyl (C=O) groups excluding carboxylic acids is 1. The fourth-order valence-corrected chi connectivity index (χ4v) is 2.85. The molecule has 9 heteroatoms. The van der Waals surface area contributed by atoms with E-state index in [1.807, 2.05) is 0 Å². The number of aryl methyl sites for hydroxylation is 1. The molecule has 4 N–H and O–H groups in total. The molecule has 108 valence electrons. The minimum absolute atomic E-state index is 0.00763. The number of nitrogens with one attached hydrogen (secondary N) is 2. The van der Waals surface area contributed by atoms with Crippen LogP contribution in [-0.4, -0.2) is 35.4 Å². The third kappa shape index (κ3) is 3.06. The van der Waals surface area contributed by atoms with Crippen molar-refractivity contribution in [2.24, 2.45) is 12.8 Å². The molecule has 20 heavy (non-hydrogen) atoms. The monoisotopic (exact) mass is 297 g/mol. The van der Waals surface area contributed by atoms with E-state index in [2.05, 4.69) is 14.7 Å². The molecular formula is C11H15N5O3S. The summed E-state index contributed by atoms with van der Waals surface area (Å²) >= 11 is 0. The van der Waals surface area contributed by atoms with Crippen LogP contribution in [0, 0.1) is 0 Å². The van der Waals surface area contributed by atoms with Crippen molar-refractivity contribution >= 4 is 15.9 Å². The zero-order valence-corrected chi connectivity index (χ0v) is 11.6. The predicted octanol–water partition coefficient (Wildman–Crippen LogP) is -0.632. The van der Waals surface area contributed by atoms with Crippen LogP contribution in [0.15, 0.2) is 29.6 Å². The van der Waals surface area contributed by atoms with Gasteiger partial charge in [0, 0.05) is 38.6 Å². The zero-order chi connectivity index (χ0) is 14.8. The van der Waals surface area contributed by atoms with Crippen molar-refractivity contribution in [1.29, 1.82) is 0 Å². The van der Waals surface area contributed by atoms with Gasteiger partial charge in [-0.25, -0.2) is 18.1 Å². The molecule has 0 bridgehead atoms. The Labute approximate surface area is 116 Å². The van der Waals surface area contributed by atoms with Crippen molar-refractivity contribution < 1.29 is 13.2 Å². The van der Waals surface area contributed by atoms with Crippen LogP contribution in [0.5, 0.6) is 0 Å². The maximum absolute atomic E-state index is 12.0. The Bertz CT molecular complexity index is 703. The summed E-state index contributed by atoms with van der Waals surface area (Å²) in [6, 6.07) is 1.25. The Balaban J connectivity index is 2.06. The maximum atomic E-state index is 12.0. The standard InChI is InChI=1S/C11H15N5O3S/c1-16-7-8(6-9(16)11(12)17)20(18,19)15-3-2-10-13-4-5-14-10/h4-7,15H,2-3H2,1H3,(H2,12,17)(H,13,14). The van der Waals surface area contributed by atoms with Gasteiger partial charge in [-0.05, 0) is 6.07 Å². The van der Waals surface area contributed by atoms with Gasteiger partial charge in [0.15, 0.2) is 0 Å². The number of hydrogen-bond donors (Lipinski definition) is 3. The first kappa shape index (κ1) is 14.3. The molecule has 0 aliphatic rings. The van der Waals surface area contributed by atoms with Crippen LogP contribution in [0.1, 0.15) is 16.3 Å². The largest absolute Gasteiger partial charge is 0.364 e. The van der Waals surface area contributed by atoms with E-state index in [9.17, 15) is 13.2 Å². The molecule has 0 fully saturated rings. The van der Waals surface area contributed by atoms with Gasteiger partial charge >= 0.3 is 0 Å². The third-order valence-corrected chi connectivity index (χ3v) is 4.18. The second kappa shape index (κ2) is 5.47. The van der Waals surface area contributed by atoms with E-state index in [4.69, 9.17) is 5.73 Å². The Hall–Kier alpha value is -2.13. The first-order chi connectivity index (χ1) is 9.40. The molecule has 0 aliphatic carbocycles. The smallest absolute Gasteiger partial charge is 0.265 e. The van der Waals surface area contributed by atoms with Gasteiger partial charge < -0.3 is 15.3 Å². The molecule has 2 aromatic heterocycles. The molecule has 0 aromatic carbocycles. The fraction of sp³-hybridized carbons (Fsp3) is 0.273. The third-order valence-electron chi connectivity index (χ3n) is 2.75. The number of hydrogen-bond acceptors (Lipinski definition) is 4. The number of aromatic amines is 1. The number of amides is 1. The van der Waals surface area contributed by atoms with Crippen molar-refractivity contribution in [3.05, 3.63) is 36.2 Å². The van der Waals surface area contributed by atoms with E-state index in [-0.39, 0.29) is 17.1 Å². The molecular weight excluding hydrogens is 282 g/mol. The number of rotatable bonds is 6. The SMILES string of the molecule is Cn1cc(S(=O)(=O)NCCc2ncc[nH]2)cc1C(N)=O. The molecule has 0 saturated heterocycles. The Morgan fingerprint density at radius 3 is 2.85 bits per heavy atom. The quantitative estimate of drug-likeness (QED) is 0.656. The lowest BCUT2D eigenvalue weighted by Crippen LogP contribution is -2.26. The van der Waals surface area contributed by atoms with E-state index < -0.39 is 15.9 Å². The van der Waals surface area contributed by atoms with Gasteiger partial charge in [0.2, 0.25) is 10.0 Å². The number of aromatic nitrogens is 3. The maximum Gasteiger partial charge on any atom is 0.265 e. The zero-order valence-electron chi connectivity index (χ0n) is 10.8. The van der Waals surface area contributed by atoms with Crippen molar-refractivity contribution in [3.8, 4) is 0 Å². The fourth-order valence-electron chi connectivity index (χ4n) is 1.75. The molecule has 0 aliphatic heterocycles. The lowest BCUT2D eigenvalue weighted by atomic mass is 10.4. The van der Waals surface area contributed by atoms with Gasteiger partial charge in [-0.3, -0.25) is 4.79 Å². The molecule has 0 atom stereocenters. The lowest BCUT2D eigenvalue weighted by Gasteiger charge is -2.03. The summed E-state index contributed by atoms with van der Waals surface area (Å²) in [7, 11) is -2.11. The van der Waals surface area contributed by atoms with Crippen molar-refractivity contribution in [1.82, 2.24) is 19.3 Å². The van der Waals surface area contributed by atoms with Gasteiger partial charge in [0.25, 0.3) is 5.91 Å². The Kier molecular flexibility index (Phi) is 3.91. The highest BCUT2D eigenvalue weighted by Gasteiger charge is 2.19. The summed E-state index contributed by atoms with van der Waals surface area (Å²) in [5.74, 6) is 0.0168. The normalized spacial score (nSPS) is 11.7. The Morgan fingerprint density at radius 1 is 1.55 bits per heavy atom. The molecule has 2 rings (SSSR count). The minimum atomic E-state index is -3.67. The van der Waals surface area contributed by atoms with Gasteiger partial charge in [-0.1, -0.05) is 0 Å². The van der Waals surface area contributed by atoms with Crippen LogP contribution in [0.4, 0.5) is 0 Å². The van der Waals surface area contributed by atoms with Crippen LogP contribution >= 0.6 is 0 Å². The first-order valence-corrected chi connectivity index (χ1v) is 7.32. The van der Waals surface area contributed by atoms with E-state index in [0.29, 0.717) is 12.2 Å². The lowest BCUT2D eigenvalue weighted by molar-refractivity contribution is 0.0992. The molecule has 1 amide bonds. The van der Waals surface area contributed by atoms with E-state index in [1.54, 1.807) is 19.4 Å². The van der Waals surface area contributed by atoms with Crippen LogP contribution in [-0.2, 0) is 23.5 Å². The van der Waals surface area contributed by atoms with E-state index in [1.165, 1.54) is 16.8 Å². The predicted molar refractivity (Wildman–Crippen MR) is 71.4 cm³/mol. The van der Waals surface area contributed by atoms with Crippen molar-refractivity contribution in [3.63, 3.8) is 0 Å². The number of imidazole rings is 1. The topological polar surface area (TPSA) is 123 Å². The molecule has 2 heterocycles. The molecule has 8 nitrogen and oxygen atoms in total. The summed E-state index contributed by atoms with van der Waals surface area (Å²) < 4.78 is 27.9. The number of carbonyl (C=O) groups is 1. The number of H-pyrrole nitrogens is 1. The Morgan fingerprint density at radius 2 is 2.30 bits per heavy atom. The molecule has 0 unspecified atom stereocenters. The highest BCUT2D eigenvalue weighted by molar-refractivity contribution is 7.89. The highest BCUT2D eigenvalue weighted by atomic mass is 32.2. The first-order valence-electron chi connectivity index (χ1n) is 5.84. The van der Waals surface area contributed by atoms with Crippen LogP contribution in [0.25, 0.3) is 0 Å². The number of nitrogens with zero attached hydrogens (tertiary/aromatic N) is 2. The average Bonchev–Trinajstić information content (AvgIpc) is 2.98. The summed E-state index contributed by atoms with van der Waals surface area (Å²) in [5.41, 5.74) is 5.28. The number of sulfonamides is 1. The molecule has 0 spiro atoms. The van der Waals surface area contributed by atoms with E-state index in [0.717, 1.165) is 0 Å². The van der Waals surface area contributed by atoms with Gasteiger partial charge in [0.1, 0.15) is 16.4 Å². The van der Waals surface area contributed by atoms with Crippen LogP contribution in [0.2, 0.25) is 0 Å². The highest BCUT2D eigenvalue weighted by Crippen LogP contribution is 2.12. The van der Waals surface area contributed by atoms with Gasteiger partial charge in [-0.2, -0.15) is 0 Å². The summed E-state index contributed by atoms with van der Waals surface area (Å²) in [5, 5.41) is 0. The minimum Gasteiger partial charge on any atom is -0.364 e. The second-order valence-corrected chi connectivity index (χ2v) is 5.99.